The molecule has 174 valence electrons. The maximum absolute atomic E-state index is 13.4. The highest BCUT2D eigenvalue weighted by molar-refractivity contribution is 6.47. The minimum atomic E-state index is -0.885. The lowest BCUT2D eigenvalue weighted by Crippen LogP contribution is -2.39. The third-order valence-electron chi connectivity index (χ3n) is 5.89. The Balaban J connectivity index is 1.70. The van der Waals surface area contributed by atoms with Gasteiger partial charge in [0, 0.05) is 41.8 Å². The lowest BCUT2D eigenvalue weighted by atomic mass is 9.95. The molecule has 6 nitrogen and oxygen atoms in total. The molecule has 2 aliphatic heterocycles. The van der Waals surface area contributed by atoms with Crippen molar-refractivity contribution in [2.24, 2.45) is 0 Å². The molecule has 1 atom stereocenters. The maximum Gasteiger partial charge on any atom is 0.295 e. The van der Waals surface area contributed by atoms with Gasteiger partial charge in [0.2, 0.25) is 0 Å². The number of hydrogen-bond donors (Lipinski definition) is 1. The second-order valence-electron chi connectivity index (χ2n) is 7.97. The predicted molar refractivity (Wildman–Crippen MR) is 124 cm³/mol. The van der Waals surface area contributed by atoms with E-state index in [0.29, 0.717) is 36.8 Å². The van der Waals surface area contributed by atoms with Gasteiger partial charge in [-0.2, -0.15) is 0 Å². The van der Waals surface area contributed by atoms with E-state index in [9.17, 15) is 19.1 Å². The Labute approximate surface area is 201 Å². The molecular weight excluding hydrogens is 470 g/mol. The van der Waals surface area contributed by atoms with E-state index in [4.69, 9.17) is 27.9 Å². The van der Waals surface area contributed by atoms with Crippen LogP contribution in [0.2, 0.25) is 10.0 Å². The summed E-state index contributed by atoms with van der Waals surface area (Å²) < 4.78 is 18.7. The van der Waals surface area contributed by atoms with Crippen LogP contribution in [-0.2, 0) is 14.3 Å². The summed E-state index contributed by atoms with van der Waals surface area (Å²) in [6, 6.07) is 8.99. The van der Waals surface area contributed by atoms with Gasteiger partial charge >= 0.3 is 0 Å². The zero-order chi connectivity index (χ0) is 23.5. The quantitative estimate of drug-likeness (QED) is 0.370. The molecule has 1 unspecified atom stereocenters. The van der Waals surface area contributed by atoms with Gasteiger partial charge < -0.3 is 14.7 Å². The monoisotopic (exact) mass is 492 g/mol. The van der Waals surface area contributed by atoms with Crippen LogP contribution in [0.5, 0.6) is 0 Å². The number of carbonyl (C=O) groups excluding carboxylic acids is 2. The normalized spacial score (nSPS) is 21.1. The number of halogens is 3. The first-order valence-electron chi connectivity index (χ1n) is 10.7. The van der Waals surface area contributed by atoms with Gasteiger partial charge in [-0.25, -0.2) is 4.39 Å². The molecule has 0 radical (unpaired) electrons. The highest BCUT2D eigenvalue weighted by Gasteiger charge is 2.46. The van der Waals surface area contributed by atoms with Crippen molar-refractivity contribution < 1.29 is 23.8 Å². The van der Waals surface area contributed by atoms with E-state index < -0.39 is 23.5 Å². The molecule has 0 bridgehead atoms. The number of Topliss-reactive ketones (excluding diaryl/α,β-unsaturated/α-hetero) is 1. The number of amides is 1. The maximum atomic E-state index is 13.4. The van der Waals surface area contributed by atoms with Crippen molar-refractivity contribution in [3.8, 4) is 0 Å². The van der Waals surface area contributed by atoms with Crippen molar-refractivity contribution in [2.45, 2.75) is 12.5 Å². The van der Waals surface area contributed by atoms with Crippen molar-refractivity contribution in [1.82, 2.24) is 9.80 Å². The zero-order valence-corrected chi connectivity index (χ0v) is 19.3. The van der Waals surface area contributed by atoms with E-state index >= 15 is 0 Å². The van der Waals surface area contributed by atoms with Gasteiger partial charge in [-0.15, -0.1) is 0 Å². The molecule has 2 aromatic rings. The van der Waals surface area contributed by atoms with Crippen LogP contribution >= 0.6 is 23.2 Å². The second-order valence-corrected chi connectivity index (χ2v) is 8.82. The van der Waals surface area contributed by atoms with Crippen molar-refractivity contribution in [1.29, 1.82) is 0 Å². The first-order chi connectivity index (χ1) is 15.9. The van der Waals surface area contributed by atoms with E-state index in [1.165, 1.54) is 35.2 Å². The Kier molecular flexibility index (Phi) is 7.34. The summed E-state index contributed by atoms with van der Waals surface area (Å²) in [5.41, 5.74) is 0.635. The molecule has 2 aliphatic rings. The highest BCUT2D eigenvalue weighted by atomic mass is 35.5. The smallest absolute Gasteiger partial charge is 0.295 e. The number of benzene rings is 2. The van der Waals surface area contributed by atoms with Crippen molar-refractivity contribution >= 4 is 40.7 Å². The molecule has 2 saturated heterocycles. The largest absolute Gasteiger partial charge is 0.507 e. The van der Waals surface area contributed by atoms with Crippen molar-refractivity contribution in [3.05, 3.63) is 75.0 Å². The number of carbonyl (C=O) groups is 2. The van der Waals surface area contributed by atoms with Crippen LogP contribution in [-0.4, -0.2) is 66.0 Å². The second kappa shape index (κ2) is 10.2. The lowest BCUT2D eigenvalue weighted by molar-refractivity contribution is -0.140. The van der Waals surface area contributed by atoms with E-state index in [1.807, 2.05) is 0 Å². The third kappa shape index (κ3) is 5.06. The molecule has 1 N–H and O–H groups in total. The van der Waals surface area contributed by atoms with Crippen LogP contribution in [0, 0.1) is 5.82 Å². The summed E-state index contributed by atoms with van der Waals surface area (Å²) in [7, 11) is 0. The number of ether oxygens (including phenoxy) is 1. The van der Waals surface area contributed by atoms with Crippen LogP contribution in [0.4, 0.5) is 4.39 Å². The minimum absolute atomic E-state index is 0.0813. The van der Waals surface area contributed by atoms with Gasteiger partial charge in [-0.05, 0) is 48.4 Å². The molecule has 9 heteroatoms. The predicted octanol–water partition coefficient (Wildman–Crippen LogP) is 4.28. The standard InChI is InChI=1S/C24H23Cl2FN2O4/c25-16-4-7-18(19(26)14-16)21-20(22(30)15-2-5-17(27)6-3-15)23(31)24(32)29(21)9-1-8-28-10-12-33-13-11-28/h2-7,14,21,30H,1,8-13H2/b22-20+. The number of aliphatic hydroxyl groups excluding tert-OH is 1. The van der Waals surface area contributed by atoms with Crippen LogP contribution in [0.3, 0.4) is 0 Å². The molecule has 33 heavy (non-hydrogen) atoms. The van der Waals surface area contributed by atoms with Crippen LogP contribution in [0.15, 0.2) is 48.0 Å². The third-order valence-corrected chi connectivity index (χ3v) is 6.45. The fourth-order valence-electron chi connectivity index (χ4n) is 4.21. The average molecular weight is 493 g/mol. The molecule has 0 aromatic heterocycles. The fourth-order valence-corrected chi connectivity index (χ4v) is 4.72. The fraction of sp³-hybridized carbons (Fsp3) is 0.333. The molecule has 1 amide bonds. The van der Waals surface area contributed by atoms with Crippen LogP contribution in [0.1, 0.15) is 23.6 Å². The van der Waals surface area contributed by atoms with E-state index in [2.05, 4.69) is 4.90 Å². The summed E-state index contributed by atoms with van der Waals surface area (Å²) in [6.07, 6.45) is 0.630. The number of rotatable bonds is 6. The molecule has 2 aromatic carbocycles. The summed E-state index contributed by atoms with van der Waals surface area (Å²) in [6.45, 7) is 4.01. The zero-order valence-electron chi connectivity index (χ0n) is 17.8. The number of likely N-dealkylation sites (tertiary alicyclic amines) is 1. The number of aliphatic hydroxyl groups is 1. The number of morpholine rings is 1. The van der Waals surface area contributed by atoms with Gasteiger partial charge in [-0.3, -0.25) is 14.5 Å². The lowest BCUT2D eigenvalue weighted by Gasteiger charge is -2.29. The van der Waals surface area contributed by atoms with Gasteiger partial charge in [0.25, 0.3) is 11.7 Å². The van der Waals surface area contributed by atoms with Crippen molar-refractivity contribution in [2.75, 3.05) is 39.4 Å². The molecule has 4 rings (SSSR count). The first kappa shape index (κ1) is 23.7. The minimum Gasteiger partial charge on any atom is -0.507 e. The van der Waals surface area contributed by atoms with Gasteiger partial charge in [0.15, 0.2) is 0 Å². The molecule has 0 saturated carbocycles. The molecule has 0 aliphatic carbocycles. The van der Waals surface area contributed by atoms with Crippen LogP contribution in [0.25, 0.3) is 5.76 Å². The summed E-state index contributed by atoms with van der Waals surface area (Å²) >= 11 is 12.5. The first-order valence-corrected chi connectivity index (χ1v) is 11.4. The SMILES string of the molecule is O=C1C(=O)N(CCCN2CCOCC2)C(c2ccc(Cl)cc2Cl)/C1=C(\O)c1ccc(F)cc1. The molecule has 0 spiro atoms. The summed E-state index contributed by atoms with van der Waals surface area (Å²) in [5, 5.41) is 11.7. The van der Waals surface area contributed by atoms with Crippen LogP contribution < -0.4 is 0 Å². The Morgan fingerprint density at radius 3 is 2.42 bits per heavy atom. The number of hydrogen-bond acceptors (Lipinski definition) is 5. The molecule has 2 heterocycles. The van der Waals surface area contributed by atoms with E-state index in [0.717, 1.165) is 19.6 Å². The van der Waals surface area contributed by atoms with E-state index in [-0.39, 0.29) is 21.9 Å². The summed E-state index contributed by atoms with van der Waals surface area (Å²) in [5.74, 6) is -2.37. The van der Waals surface area contributed by atoms with Gasteiger partial charge in [0.05, 0.1) is 24.8 Å². The van der Waals surface area contributed by atoms with Gasteiger partial charge in [0.1, 0.15) is 11.6 Å². The topological polar surface area (TPSA) is 70.1 Å². The Bertz CT molecular complexity index is 1080. The highest BCUT2D eigenvalue weighted by Crippen LogP contribution is 2.42. The Hall–Kier alpha value is -2.45. The molecular formula is C24H23Cl2FN2O4. The number of ketones is 1. The average Bonchev–Trinajstić information content (AvgIpc) is 3.05. The molecule has 2 fully saturated rings. The van der Waals surface area contributed by atoms with E-state index in [1.54, 1.807) is 12.1 Å². The Morgan fingerprint density at radius 1 is 1.06 bits per heavy atom. The summed E-state index contributed by atoms with van der Waals surface area (Å²) in [4.78, 5) is 29.7. The Morgan fingerprint density at radius 2 is 1.76 bits per heavy atom. The van der Waals surface area contributed by atoms with Crippen molar-refractivity contribution in [3.63, 3.8) is 0 Å². The number of nitrogens with zero attached hydrogens (tertiary/aromatic N) is 2. The van der Waals surface area contributed by atoms with Gasteiger partial charge in [-0.1, -0.05) is 29.3 Å².